The van der Waals surface area contributed by atoms with Gasteiger partial charge < -0.3 is 14.0 Å². The van der Waals surface area contributed by atoms with Crippen molar-refractivity contribution < 1.29 is 18.8 Å². The van der Waals surface area contributed by atoms with E-state index in [0.717, 1.165) is 16.2 Å². The summed E-state index contributed by atoms with van der Waals surface area (Å²) in [7, 11) is -0.435. The standard InChI is InChI=1S/C20H27BN2O4/c1-18(2,3)25-17(24)23-16-11-14-10-15(9-8-13(14)12-22-16)21-26-19(4,5)20(6,7)27-21/h8-12H,1-7H3,(H,22,23,24). The van der Waals surface area contributed by atoms with Crippen LogP contribution < -0.4 is 10.8 Å². The molecule has 1 aliphatic rings. The van der Waals surface area contributed by atoms with Gasteiger partial charge in [-0.25, -0.2) is 9.78 Å². The molecule has 6 nitrogen and oxygen atoms in total. The topological polar surface area (TPSA) is 69.7 Å². The van der Waals surface area contributed by atoms with Crippen molar-refractivity contribution in [1.82, 2.24) is 4.98 Å². The Kier molecular flexibility index (Phi) is 4.72. The van der Waals surface area contributed by atoms with Crippen molar-refractivity contribution in [2.45, 2.75) is 65.3 Å². The molecule has 1 fully saturated rings. The van der Waals surface area contributed by atoms with Gasteiger partial charge >= 0.3 is 13.2 Å². The first-order chi connectivity index (χ1) is 12.4. The first-order valence-corrected chi connectivity index (χ1v) is 9.12. The second-order valence-electron chi connectivity index (χ2n) is 8.89. The minimum Gasteiger partial charge on any atom is -0.444 e. The van der Waals surface area contributed by atoms with E-state index in [9.17, 15) is 4.79 Å². The van der Waals surface area contributed by atoms with Crippen LogP contribution in [0, 0.1) is 0 Å². The number of aromatic nitrogens is 1. The highest BCUT2D eigenvalue weighted by atomic mass is 16.7. The van der Waals surface area contributed by atoms with Gasteiger partial charge in [0.2, 0.25) is 0 Å². The number of carbonyl (C=O) groups is 1. The molecule has 0 unspecified atom stereocenters. The van der Waals surface area contributed by atoms with Crippen LogP contribution in [0.25, 0.3) is 10.8 Å². The highest BCUT2D eigenvalue weighted by Gasteiger charge is 2.51. The molecular weight excluding hydrogens is 343 g/mol. The highest BCUT2D eigenvalue weighted by molar-refractivity contribution is 6.62. The van der Waals surface area contributed by atoms with Gasteiger partial charge in [0.15, 0.2) is 0 Å². The molecule has 0 atom stereocenters. The Balaban J connectivity index is 1.84. The number of nitrogens with one attached hydrogen (secondary N) is 1. The lowest BCUT2D eigenvalue weighted by Crippen LogP contribution is -2.41. The minimum atomic E-state index is -0.565. The molecule has 1 aliphatic heterocycles. The molecule has 144 valence electrons. The first-order valence-electron chi connectivity index (χ1n) is 9.12. The Labute approximate surface area is 160 Å². The van der Waals surface area contributed by atoms with Crippen LogP contribution in [0.15, 0.2) is 30.5 Å². The summed E-state index contributed by atoms with van der Waals surface area (Å²) >= 11 is 0. The van der Waals surface area contributed by atoms with Gasteiger partial charge in [0.05, 0.1) is 11.2 Å². The summed E-state index contributed by atoms with van der Waals surface area (Å²) < 4.78 is 17.5. The number of pyridine rings is 1. The third kappa shape index (κ3) is 4.25. The molecule has 7 heteroatoms. The molecule has 2 heterocycles. The van der Waals surface area contributed by atoms with Gasteiger partial charge in [-0.15, -0.1) is 0 Å². The van der Waals surface area contributed by atoms with Crippen LogP contribution in [0.5, 0.6) is 0 Å². The number of fused-ring (bicyclic) bond motifs is 1. The van der Waals surface area contributed by atoms with E-state index in [1.54, 1.807) is 6.20 Å². The fourth-order valence-corrected chi connectivity index (χ4v) is 2.76. The smallest absolute Gasteiger partial charge is 0.444 e. The predicted molar refractivity (Wildman–Crippen MR) is 107 cm³/mol. The molecule has 0 spiro atoms. The number of hydrogen-bond donors (Lipinski definition) is 1. The molecule has 1 aromatic heterocycles. The number of amides is 1. The van der Waals surface area contributed by atoms with E-state index in [1.807, 2.05) is 72.7 Å². The zero-order valence-electron chi connectivity index (χ0n) is 17.0. The van der Waals surface area contributed by atoms with E-state index in [-0.39, 0.29) is 0 Å². The molecule has 0 saturated carbocycles. The van der Waals surface area contributed by atoms with Crippen LogP contribution >= 0.6 is 0 Å². The quantitative estimate of drug-likeness (QED) is 0.813. The van der Waals surface area contributed by atoms with Crippen LogP contribution in [0.4, 0.5) is 10.6 Å². The van der Waals surface area contributed by atoms with Crippen LogP contribution in [0.2, 0.25) is 0 Å². The summed E-state index contributed by atoms with van der Waals surface area (Å²) in [5.41, 5.74) is -0.427. The number of benzene rings is 1. The van der Waals surface area contributed by atoms with Crippen LogP contribution in [0.3, 0.4) is 0 Å². The van der Waals surface area contributed by atoms with Crippen LogP contribution in [-0.4, -0.2) is 35.0 Å². The lowest BCUT2D eigenvalue weighted by molar-refractivity contribution is 0.00578. The van der Waals surface area contributed by atoms with E-state index in [1.165, 1.54) is 0 Å². The van der Waals surface area contributed by atoms with Crippen molar-refractivity contribution in [2.75, 3.05) is 5.32 Å². The number of carbonyl (C=O) groups excluding carboxylic acids is 1. The molecule has 3 rings (SSSR count). The number of rotatable bonds is 2. The lowest BCUT2D eigenvalue weighted by atomic mass is 9.78. The first kappa shape index (κ1) is 19.6. The van der Waals surface area contributed by atoms with Gasteiger partial charge in [0.25, 0.3) is 0 Å². The van der Waals surface area contributed by atoms with Gasteiger partial charge in [0, 0.05) is 11.6 Å². The van der Waals surface area contributed by atoms with Crippen molar-refractivity contribution in [2.24, 2.45) is 0 Å². The molecule has 1 saturated heterocycles. The SMILES string of the molecule is CC(C)(C)OC(=O)Nc1cc2cc(B3OC(C)(C)C(C)(C)O3)ccc2cn1. The van der Waals surface area contributed by atoms with Gasteiger partial charge in [-0.2, -0.15) is 0 Å². The Hall–Kier alpha value is -2.12. The van der Waals surface area contributed by atoms with Gasteiger partial charge in [-0.1, -0.05) is 18.2 Å². The molecule has 1 aromatic carbocycles. The summed E-state index contributed by atoms with van der Waals surface area (Å²) in [6.07, 6.45) is 1.19. The summed E-state index contributed by atoms with van der Waals surface area (Å²) in [5, 5.41) is 4.57. The summed E-state index contributed by atoms with van der Waals surface area (Å²) in [6, 6.07) is 7.76. The number of nitrogens with zero attached hydrogens (tertiary/aromatic N) is 1. The average molecular weight is 370 g/mol. The van der Waals surface area contributed by atoms with E-state index in [0.29, 0.717) is 5.82 Å². The number of anilines is 1. The maximum Gasteiger partial charge on any atom is 0.494 e. The summed E-state index contributed by atoms with van der Waals surface area (Å²) in [5.74, 6) is 0.433. The average Bonchev–Trinajstić information content (AvgIpc) is 2.72. The monoisotopic (exact) mass is 370 g/mol. The molecule has 0 bridgehead atoms. The third-order valence-corrected chi connectivity index (χ3v) is 4.90. The lowest BCUT2D eigenvalue weighted by Gasteiger charge is -2.32. The van der Waals surface area contributed by atoms with Gasteiger partial charge in [-0.3, -0.25) is 5.32 Å². The van der Waals surface area contributed by atoms with Crippen LogP contribution in [0.1, 0.15) is 48.5 Å². The van der Waals surface area contributed by atoms with Crippen molar-refractivity contribution in [3.05, 3.63) is 30.5 Å². The Bertz CT molecular complexity index is 858. The molecular formula is C20H27BN2O4. The Morgan fingerprint density at radius 2 is 1.70 bits per heavy atom. The normalized spacial score (nSPS) is 18.6. The predicted octanol–water partition coefficient (Wildman–Crippen LogP) is 3.88. The second kappa shape index (κ2) is 6.50. The zero-order chi connectivity index (χ0) is 20.0. The highest BCUT2D eigenvalue weighted by Crippen LogP contribution is 2.36. The Morgan fingerprint density at radius 1 is 1.07 bits per heavy atom. The Morgan fingerprint density at radius 3 is 2.30 bits per heavy atom. The van der Waals surface area contributed by atoms with Crippen LogP contribution in [-0.2, 0) is 14.0 Å². The zero-order valence-corrected chi connectivity index (χ0v) is 17.0. The molecule has 0 radical (unpaired) electrons. The minimum absolute atomic E-state index is 0.395. The van der Waals surface area contributed by atoms with Gasteiger partial charge in [0.1, 0.15) is 11.4 Å². The maximum absolute atomic E-state index is 12.0. The van der Waals surface area contributed by atoms with Crippen molar-refractivity contribution in [3.8, 4) is 0 Å². The maximum atomic E-state index is 12.0. The third-order valence-electron chi connectivity index (χ3n) is 4.90. The van der Waals surface area contributed by atoms with E-state index >= 15 is 0 Å². The van der Waals surface area contributed by atoms with Crippen molar-refractivity contribution in [1.29, 1.82) is 0 Å². The fraction of sp³-hybridized carbons (Fsp3) is 0.500. The van der Waals surface area contributed by atoms with Crippen molar-refractivity contribution >= 4 is 35.3 Å². The summed E-state index contributed by atoms with van der Waals surface area (Å²) in [6.45, 7) is 13.6. The molecule has 1 N–H and O–H groups in total. The van der Waals surface area contributed by atoms with Crippen molar-refractivity contribution in [3.63, 3.8) is 0 Å². The van der Waals surface area contributed by atoms with E-state index in [4.69, 9.17) is 14.0 Å². The largest absolute Gasteiger partial charge is 0.494 e. The van der Waals surface area contributed by atoms with E-state index in [2.05, 4.69) is 10.3 Å². The number of hydrogen-bond acceptors (Lipinski definition) is 5. The fourth-order valence-electron chi connectivity index (χ4n) is 2.76. The van der Waals surface area contributed by atoms with Gasteiger partial charge in [-0.05, 0) is 65.4 Å². The molecule has 1 amide bonds. The summed E-state index contributed by atoms with van der Waals surface area (Å²) in [4.78, 5) is 16.2. The second-order valence-corrected chi connectivity index (χ2v) is 8.89. The molecule has 27 heavy (non-hydrogen) atoms. The molecule has 2 aromatic rings. The molecule has 0 aliphatic carbocycles. The van der Waals surface area contributed by atoms with E-state index < -0.39 is 30.0 Å². The number of ether oxygens (including phenoxy) is 1.